The van der Waals surface area contributed by atoms with Gasteiger partial charge in [-0.15, -0.1) is 0 Å². The zero-order valence-electron chi connectivity index (χ0n) is 10.9. The van der Waals surface area contributed by atoms with Crippen molar-refractivity contribution >= 4 is 33.5 Å². The van der Waals surface area contributed by atoms with Crippen LogP contribution < -0.4 is 0 Å². The van der Waals surface area contributed by atoms with E-state index in [0.717, 1.165) is 0 Å². The lowest BCUT2D eigenvalue weighted by atomic mass is 10.2. The molecule has 1 amide bonds. The van der Waals surface area contributed by atoms with Crippen LogP contribution in [0.15, 0.2) is 0 Å². The molecule has 0 saturated carbocycles. The zero-order chi connectivity index (χ0) is 14.5. The average molecular weight is 309 g/mol. The fraction of sp³-hybridized carbons (Fsp3) is 0.818. The van der Waals surface area contributed by atoms with Gasteiger partial charge in [-0.05, 0) is 13.3 Å². The van der Waals surface area contributed by atoms with E-state index in [1.54, 1.807) is 4.90 Å². The standard InChI is InChI=1S/C11H19NO5S2/c1-2-12(9-4-6-19(16,17)8-9)10(13)7-18-5-3-11(14)15/h9H,2-8H2,1H3,(H,14,15). The Bertz CT molecular complexity index is 434. The van der Waals surface area contributed by atoms with Crippen molar-refractivity contribution in [3.63, 3.8) is 0 Å². The Morgan fingerprint density at radius 3 is 2.58 bits per heavy atom. The number of rotatable bonds is 7. The first-order valence-electron chi connectivity index (χ1n) is 6.15. The Morgan fingerprint density at radius 2 is 2.11 bits per heavy atom. The van der Waals surface area contributed by atoms with Gasteiger partial charge in [0.05, 0.1) is 23.7 Å². The monoisotopic (exact) mass is 309 g/mol. The van der Waals surface area contributed by atoms with Crippen molar-refractivity contribution < 1.29 is 23.1 Å². The fourth-order valence-corrected chi connectivity index (χ4v) is 4.60. The molecule has 0 spiro atoms. The largest absolute Gasteiger partial charge is 0.481 e. The van der Waals surface area contributed by atoms with Gasteiger partial charge >= 0.3 is 5.97 Å². The van der Waals surface area contributed by atoms with Crippen molar-refractivity contribution in [3.05, 3.63) is 0 Å². The summed E-state index contributed by atoms with van der Waals surface area (Å²) in [5, 5.41) is 8.49. The highest BCUT2D eigenvalue weighted by atomic mass is 32.2. The molecule has 0 aromatic heterocycles. The number of carbonyl (C=O) groups excluding carboxylic acids is 1. The molecule has 0 radical (unpaired) electrons. The molecule has 1 heterocycles. The quantitative estimate of drug-likeness (QED) is 0.677. The van der Waals surface area contributed by atoms with E-state index >= 15 is 0 Å². The predicted octanol–water partition coefficient (Wildman–Crippen LogP) is 0.230. The number of sulfone groups is 1. The molecule has 1 atom stereocenters. The number of nitrogens with zero attached hydrogens (tertiary/aromatic N) is 1. The first-order valence-corrected chi connectivity index (χ1v) is 9.12. The third kappa shape index (κ3) is 5.40. The maximum atomic E-state index is 12.0. The van der Waals surface area contributed by atoms with Crippen LogP contribution in [0.1, 0.15) is 19.8 Å². The first-order chi connectivity index (χ1) is 8.85. The van der Waals surface area contributed by atoms with E-state index in [2.05, 4.69) is 0 Å². The third-order valence-corrected chi connectivity index (χ3v) is 5.69. The van der Waals surface area contributed by atoms with Gasteiger partial charge in [0.25, 0.3) is 0 Å². The van der Waals surface area contributed by atoms with E-state index in [-0.39, 0.29) is 35.6 Å². The molecule has 0 aromatic rings. The highest BCUT2D eigenvalue weighted by Crippen LogP contribution is 2.18. The number of thioether (sulfide) groups is 1. The summed E-state index contributed by atoms with van der Waals surface area (Å²) in [7, 11) is -3.00. The van der Waals surface area contributed by atoms with Crippen LogP contribution in [0, 0.1) is 0 Å². The van der Waals surface area contributed by atoms with Gasteiger partial charge in [-0.25, -0.2) is 8.42 Å². The third-order valence-electron chi connectivity index (χ3n) is 3.00. The second-order valence-corrected chi connectivity index (χ2v) is 7.77. The summed E-state index contributed by atoms with van der Waals surface area (Å²) in [6.45, 7) is 2.31. The minimum Gasteiger partial charge on any atom is -0.481 e. The normalized spacial score (nSPS) is 21.2. The topological polar surface area (TPSA) is 91.8 Å². The van der Waals surface area contributed by atoms with Crippen LogP contribution >= 0.6 is 11.8 Å². The molecule has 0 aliphatic carbocycles. The second kappa shape index (κ2) is 7.14. The average Bonchev–Trinajstić information content (AvgIpc) is 2.66. The van der Waals surface area contributed by atoms with Gasteiger partial charge in [0, 0.05) is 18.3 Å². The van der Waals surface area contributed by atoms with Crippen LogP contribution in [0.3, 0.4) is 0 Å². The summed E-state index contributed by atoms with van der Waals surface area (Å²) >= 11 is 1.27. The van der Waals surface area contributed by atoms with E-state index < -0.39 is 15.8 Å². The van der Waals surface area contributed by atoms with Crippen LogP contribution in [0.4, 0.5) is 0 Å². The molecule has 1 saturated heterocycles. The second-order valence-electron chi connectivity index (χ2n) is 4.43. The van der Waals surface area contributed by atoms with Gasteiger partial charge < -0.3 is 10.0 Å². The molecular formula is C11H19NO5S2. The number of carboxylic acid groups (broad SMARTS) is 1. The maximum Gasteiger partial charge on any atom is 0.304 e. The summed E-state index contributed by atoms with van der Waals surface area (Å²) in [4.78, 5) is 23.9. The van der Waals surface area contributed by atoms with Crippen LogP contribution in [0.25, 0.3) is 0 Å². The minimum absolute atomic E-state index is 0.0296. The summed E-state index contributed by atoms with van der Waals surface area (Å²) in [5.41, 5.74) is 0. The van der Waals surface area contributed by atoms with Gasteiger partial charge in [0.1, 0.15) is 0 Å². The Balaban J connectivity index is 2.42. The van der Waals surface area contributed by atoms with Crippen molar-refractivity contribution in [2.75, 3.05) is 29.6 Å². The lowest BCUT2D eigenvalue weighted by Crippen LogP contribution is -2.42. The molecule has 1 unspecified atom stereocenters. The number of amides is 1. The van der Waals surface area contributed by atoms with Crippen molar-refractivity contribution in [2.24, 2.45) is 0 Å². The highest BCUT2D eigenvalue weighted by molar-refractivity contribution is 7.99. The Labute approximate surface area is 117 Å². The van der Waals surface area contributed by atoms with Crippen molar-refractivity contribution in [1.82, 2.24) is 4.90 Å². The van der Waals surface area contributed by atoms with Gasteiger partial charge in [-0.2, -0.15) is 11.8 Å². The van der Waals surface area contributed by atoms with Gasteiger partial charge in [-0.1, -0.05) is 0 Å². The molecule has 0 aromatic carbocycles. The first kappa shape index (κ1) is 16.3. The molecule has 1 aliphatic heterocycles. The number of carbonyl (C=O) groups is 2. The van der Waals surface area contributed by atoms with Gasteiger partial charge in [0.2, 0.25) is 5.91 Å². The molecule has 19 heavy (non-hydrogen) atoms. The van der Waals surface area contributed by atoms with Gasteiger partial charge in [-0.3, -0.25) is 9.59 Å². The van der Waals surface area contributed by atoms with Crippen LogP contribution in [0.2, 0.25) is 0 Å². The van der Waals surface area contributed by atoms with Crippen molar-refractivity contribution in [2.45, 2.75) is 25.8 Å². The van der Waals surface area contributed by atoms with E-state index in [4.69, 9.17) is 5.11 Å². The maximum absolute atomic E-state index is 12.0. The summed E-state index contributed by atoms with van der Waals surface area (Å²) in [5.74, 6) is -0.201. The van der Waals surface area contributed by atoms with E-state index in [9.17, 15) is 18.0 Å². The fourth-order valence-electron chi connectivity index (χ4n) is 2.06. The SMILES string of the molecule is CCN(C(=O)CSCCC(=O)O)C1CCS(=O)(=O)C1. The smallest absolute Gasteiger partial charge is 0.304 e. The molecular weight excluding hydrogens is 290 g/mol. The molecule has 1 aliphatic rings. The molecule has 110 valence electrons. The zero-order valence-corrected chi connectivity index (χ0v) is 12.5. The van der Waals surface area contributed by atoms with Crippen LogP contribution in [-0.2, 0) is 19.4 Å². The molecule has 0 bridgehead atoms. The lowest BCUT2D eigenvalue weighted by molar-refractivity contribution is -0.136. The predicted molar refractivity (Wildman–Crippen MR) is 74.0 cm³/mol. The van der Waals surface area contributed by atoms with E-state index in [0.29, 0.717) is 18.7 Å². The summed E-state index contributed by atoms with van der Waals surface area (Å²) in [6.07, 6.45) is 0.531. The summed E-state index contributed by atoms with van der Waals surface area (Å²) < 4.78 is 22.8. The Hall–Kier alpha value is -0.760. The number of hydrogen-bond acceptors (Lipinski definition) is 5. The lowest BCUT2D eigenvalue weighted by Gasteiger charge is -2.26. The molecule has 1 N–H and O–H groups in total. The van der Waals surface area contributed by atoms with Crippen molar-refractivity contribution in [1.29, 1.82) is 0 Å². The van der Waals surface area contributed by atoms with Crippen molar-refractivity contribution in [3.8, 4) is 0 Å². The van der Waals surface area contributed by atoms with Gasteiger partial charge in [0.15, 0.2) is 9.84 Å². The Morgan fingerprint density at radius 1 is 1.42 bits per heavy atom. The minimum atomic E-state index is -3.00. The molecule has 8 heteroatoms. The van der Waals surface area contributed by atoms with E-state index in [1.165, 1.54) is 11.8 Å². The van der Waals surface area contributed by atoms with E-state index in [1.807, 2.05) is 6.92 Å². The molecule has 6 nitrogen and oxygen atoms in total. The number of carboxylic acids is 1. The van der Waals surface area contributed by atoms with Crippen LogP contribution in [0.5, 0.6) is 0 Å². The number of aliphatic carboxylic acids is 1. The highest BCUT2D eigenvalue weighted by Gasteiger charge is 2.33. The Kier molecular flexibility index (Phi) is 6.12. The van der Waals surface area contributed by atoms with Crippen LogP contribution in [-0.4, -0.2) is 65.9 Å². The molecule has 1 rings (SSSR count). The molecule has 1 fully saturated rings. The summed E-state index contributed by atoms with van der Waals surface area (Å²) in [6, 6.07) is -0.220. The number of hydrogen-bond donors (Lipinski definition) is 1.